The van der Waals surface area contributed by atoms with Crippen LogP contribution in [0, 0.1) is 19.8 Å². The number of halogens is 3. The van der Waals surface area contributed by atoms with E-state index in [1.165, 1.54) is 6.20 Å². The molecule has 0 saturated carbocycles. The minimum atomic E-state index is -4.25. The zero-order valence-electron chi connectivity index (χ0n) is 18.4. The fraction of sp³-hybridized carbons (Fsp3) is 0.478. The maximum atomic E-state index is 12.6. The number of carbonyl (C=O) groups is 2. The molecule has 2 rings (SSSR count). The quantitative estimate of drug-likeness (QED) is 0.644. The molecule has 1 unspecified atom stereocenters. The summed E-state index contributed by atoms with van der Waals surface area (Å²) in [5, 5.41) is 2.87. The van der Waals surface area contributed by atoms with Crippen LogP contribution < -0.4 is 5.32 Å². The summed E-state index contributed by atoms with van der Waals surface area (Å²) in [5.41, 5.74) is 3.36. The van der Waals surface area contributed by atoms with E-state index in [4.69, 9.17) is 0 Å². The molecule has 0 aliphatic heterocycles. The molecule has 0 spiro atoms. The molecule has 0 aliphatic carbocycles. The standard InChI is InChI=1S/C23H28F3N3O2/c1-13(2)21(30)11-19-10-17(9-15(4)28-19)16(5)29-22(31)18-8-14(3)20(27-12-18)6-7-23(24,25)26/h8-10,12-13,16H,6-7,11H2,1-5H3,(H,29,31). The van der Waals surface area contributed by atoms with Crippen LogP contribution in [0.3, 0.4) is 0 Å². The normalized spacial score (nSPS) is 12.7. The van der Waals surface area contributed by atoms with Gasteiger partial charge in [0.2, 0.25) is 0 Å². The number of rotatable bonds is 8. The third-order valence-corrected chi connectivity index (χ3v) is 4.97. The number of Topliss-reactive ketones (excluding diaryl/α,β-unsaturated/α-hetero) is 1. The Balaban J connectivity index is 2.11. The molecule has 0 aliphatic rings. The number of nitrogens with one attached hydrogen (secondary N) is 1. The Morgan fingerprint density at radius 2 is 1.77 bits per heavy atom. The molecular weight excluding hydrogens is 407 g/mol. The van der Waals surface area contributed by atoms with Gasteiger partial charge in [-0.25, -0.2) is 0 Å². The average molecular weight is 435 g/mol. The van der Waals surface area contributed by atoms with Crippen LogP contribution in [0.2, 0.25) is 0 Å². The van der Waals surface area contributed by atoms with Crippen molar-refractivity contribution in [3.63, 3.8) is 0 Å². The van der Waals surface area contributed by atoms with E-state index in [2.05, 4.69) is 15.3 Å². The smallest absolute Gasteiger partial charge is 0.345 e. The van der Waals surface area contributed by atoms with Gasteiger partial charge < -0.3 is 5.32 Å². The molecule has 2 aromatic heterocycles. The first-order valence-corrected chi connectivity index (χ1v) is 10.2. The molecule has 0 saturated heterocycles. The lowest BCUT2D eigenvalue weighted by Crippen LogP contribution is -2.27. The van der Waals surface area contributed by atoms with Crippen LogP contribution >= 0.6 is 0 Å². The van der Waals surface area contributed by atoms with Crippen LogP contribution in [0.1, 0.15) is 71.8 Å². The minimum absolute atomic E-state index is 0.0854. The molecule has 8 heteroatoms. The van der Waals surface area contributed by atoms with Crippen molar-refractivity contribution >= 4 is 11.7 Å². The number of aryl methyl sites for hydroxylation is 3. The van der Waals surface area contributed by atoms with Gasteiger partial charge in [-0.3, -0.25) is 19.6 Å². The molecule has 0 radical (unpaired) electrons. The Kier molecular flexibility index (Phi) is 7.92. The van der Waals surface area contributed by atoms with Crippen LogP contribution in [0.5, 0.6) is 0 Å². The molecule has 5 nitrogen and oxygen atoms in total. The minimum Gasteiger partial charge on any atom is -0.345 e. The van der Waals surface area contributed by atoms with Crippen molar-refractivity contribution in [3.8, 4) is 0 Å². The number of nitrogens with zero attached hydrogens (tertiary/aromatic N) is 2. The number of hydrogen-bond acceptors (Lipinski definition) is 4. The summed E-state index contributed by atoms with van der Waals surface area (Å²) < 4.78 is 37.3. The van der Waals surface area contributed by atoms with Crippen LogP contribution in [0.4, 0.5) is 13.2 Å². The Morgan fingerprint density at radius 1 is 1.10 bits per heavy atom. The lowest BCUT2D eigenvalue weighted by molar-refractivity contribution is -0.134. The van der Waals surface area contributed by atoms with Gasteiger partial charge in [0, 0.05) is 42.0 Å². The fourth-order valence-electron chi connectivity index (χ4n) is 3.10. The van der Waals surface area contributed by atoms with Gasteiger partial charge in [0.05, 0.1) is 11.6 Å². The largest absolute Gasteiger partial charge is 0.389 e. The Labute approximate surface area is 180 Å². The summed E-state index contributed by atoms with van der Waals surface area (Å²) in [6.07, 6.45) is -3.89. The van der Waals surface area contributed by atoms with Gasteiger partial charge in [0.15, 0.2) is 0 Å². The Bertz CT molecular complexity index is 956. The van der Waals surface area contributed by atoms with E-state index < -0.39 is 12.6 Å². The third-order valence-electron chi connectivity index (χ3n) is 4.97. The lowest BCUT2D eigenvalue weighted by Gasteiger charge is -2.17. The van der Waals surface area contributed by atoms with E-state index in [1.807, 2.05) is 39.8 Å². The van der Waals surface area contributed by atoms with E-state index in [-0.39, 0.29) is 42.1 Å². The number of amides is 1. The topological polar surface area (TPSA) is 72.0 Å². The molecular formula is C23H28F3N3O2. The first kappa shape index (κ1) is 24.5. The van der Waals surface area contributed by atoms with Crippen molar-refractivity contribution in [3.05, 3.63) is 58.2 Å². The number of pyridine rings is 2. The second kappa shape index (κ2) is 10.0. The Morgan fingerprint density at radius 3 is 2.35 bits per heavy atom. The van der Waals surface area contributed by atoms with Crippen molar-refractivity contribution in [1.82, 2.24) is 15.3 Å². The summed E-state index contributed by atoms with van der Waals surface area (Å²) in [4.78, 5) is 33.2. The van der Waals surface area contributed by atoms with Gasteiger partial charge in [0.25, 0.3) is 5.91 Å². The predicted octanol–water partition coefficient (Wildman–Crippen LogP) is 4.85. The van der Waals surface area contributed by atoms with E-state index in [0.29, 0.717) is 17.0 Å². The van der Waals surface area contributed by atoms with Gasteiger partial charge in [-0.15, -0.1) is 0 Å². The van der Waals surface area contributed by atoms with E-state index in [0.717, 1.165) is 11.3 Å². The number of ketones is 1. The van der Waals surface area contributed by atoms with E-state index in [1.54, 1.807) is 13.0 Å². The van der Waals surface area contributed by atoms with Crippen LogP contribution in [-0.4, -0.2) is 27.8 Å². The highest BCUT2D eigenvalue weighted by atomic mass is 19.4. The summed E-state index contributed by atoms with van der Waals surface area (Å²) >= 11 is 0. The second-order valence-corrected chi connectivity index (χ2v) is 8.13. The number of alkyl halides is 3. The van der Waals surface area contributed by atoms with Crippen molar-refractivity contribution in [2.75, 3.05) is 0 Å². The van der Waals surface area contributed by atoms with Crippen LogP contribution in [-0.2, 0) is 17.6 Å². The first-order valence-electron chi connectivity index (χ1n) is 10.2. The summed E-state index contributed by atoms with van der Waals surface area (Å²) in [6.45, 7) is 8.97. The maximum absolute atomic E-state index is 12.6. The van der Waals surface area contributed by atoms with Gasteiger partial charge in [-0.1, -0.05) is 13.8 Å². The molecule has 0 bridgehead atoms. The van der Waals surface area contributed by atoms with E-state index in [9.17, 15) is 22.8 Å². The monoisotopic (exact) mass is 435 g/mol. The van der Waals surface area contributed by atoms with Gasteiger partial charge in [-0.05, 0) is 56.5 Å². The van der Waals surface area contributed by atoms with Gasteiger partial charge in [-0.2, -0.15) is 13.2 Å². The van der Waals surface area contributed by atoms with Crippen molar-refractivity contribution < 1.29 is 22.8 Å². The number of hydrogen-bond donors (Lipinski definition) is 1. The van der Waals surface area contributed by atoms with Crippen molar-refractivity contribution in [2.45, 2.75) is 66.1 Å². The maximum Gasteiger partial charge on any atom is 0.389 e. The van der Waals surface area contributed by atoms with Crippen molar-refractivity contribution in [2.24, 2.45) is 5.92 Å². The molecule has 168 valence electrons. The van der Waals surface area contributed by atoms with Crippen molar-refractivity contribution in [1.29, 1.82) is 0 Å². The zero-order valence-corrected chi connectivity index (χ0v) is 18.4. The molecule has 1 amide bonds. The van der Waals surface area contributed by atoms with Gasteiger partial charge >= 0.3 is 6.18 Å². The molecule has 31 heavy (non-hydrogen) atoms. The summed E-state index contributed by atoms with van der Waals surface area (Å²) in [5.74, 6) is -0.370. The molecule has 0 aromatic carbocycles. The van der Waals surface area contributed by atoms with Gasteiger partial charge in [0.1, 0.15) is 5.78 Å². The number of aromatic nitrogens is 2. The van der Waals surface area contributed by atoms with Crippen LogP contribution in [0.25, 0.3) is 0 Å². The van der Waals surface area contributed by atoms with E-state index >= 15 is 0 Å². The first-order chi connectivity index (χ1) is 14.4. The average Bonchev–Trinajstić information content (AvgIpc) is 2.65. The predicted molar refractivity (Wildman–Crippen MR) is 112 cm³/mol. The summed E-state index contributed by atoms with van der Waals surface area (Å²) in [7, 11) is 0. The second-order valence-electron chi connectivity index (χ2n) is 8.13. The lowest BCUT2D eigenvalue weighted by atomic mass is 10.0. The van der Waals surface area contributed by atoms with Crippen LogP contribution in [0.15, 0.2) is 24.4 Å². The Hall–Kier alpha value is -2.77. The fourth-order valence-corrected chi connectivity index (χ4v) is 3.10. The number of carbonyl (C=O) groups excluding carboxylic acids is 2. The zero-order chi connectivity index (χ0) is 23.3. The molecule has 1 N–H and O–H groups in total. The highest BCUT2D eigenvalue weighted by molar-refractivity contribution is 5.94. The SMILES string of the molecule is Cc1cc(C(C)NC(=O)c2cnc(CCC(F)(F)F)c(C)c2)cc(CC(=O)C(C)C)n1. The molecule has 2 heterocycles. The summed E-state index contributed by atoms with van der Waals surface area (Å²) in [6, 6.07) is 4.85. The highest BCUT2D eigenvalue weighted by Crippen LogP contribution is 2.23. The molecule has 0 fully saturated rings. The molecule has 2 aromatic rings. The third kappa shape index (κ3) is 7.45. The molecule has 1 atom stereocenters. The highest BCUT2D eigenvalue weighted by Gasteiger charge is 2.27.